The highest BCUT2D eigenvalue weighted by molar-refractivity contribution is 7.19. The van der Waals surface area contributed by atoms with Crippen molar-refractivity contribution in [2.75, 3.05) is 23.7 Å². The average molecular weight is 520 g/mol. The molecule has 0 spiro atoms. The summed E-state index contributed by atoms with van der Waals surface area (Å²) in [7, 11) is 0. The minimum Gasteiger partial charge on any atom is -0.324 e. The molecule has 36 heavy (non-hydrogen) atoms. The summed E-state index contributed by atoms with van der Waals surface area (Å²) in [6.45, 7) is 3.01. The maximum Gasteiger partial charge on any atom is 0.321 e. The van der Waals surface area contributed by atoms with Crippen LogP contribution in [0, 0.1) is 0 Å². The number of halogens is 1. The van der Waals surface area contributed by atoms with Crippen molar-refractivity contribution in [3.8, 4) is 27.5 Å². The lowest BCUT2D eigenvalue weighted by Gasteiger charge is -2.30. The van der Waals surface area contributed by atoms with Gasteiger partial charge in [-0.1, -0.05) is 22.9 Å². The normalized spacial score (nSPS) is 14.0. The number of anilines is 2. The van der Waals surface area contributed by atoms with Gasteiger partial charge < -0.3 is 15.5 Å². The van der Waals surface area contributed by atoms with Crippen LogP contribution in [0.3, 0.4) is 0 Å². The van der Waals surface area contributed by atoms with Gasteiger partial charge in [0.25, 0.3) is 0 Å². The molecule has 0 unspecified atom stereocenters. The standard InChI is InChI=1S/C25H22ClN7O2S/c1-14(34)28-24-30-19-7-6-17-21(15-4-2-9-27-13-15)31-33(22(17)23(19)36-24)20-8-5-16(12-18(20)26)29-25(35)32-10-3-11-32/h2,4-5,8-9,12-13H,3,6-7,10-11H2,1H3,(H,29,35)(H,28,30,34). The van der Waals surface area contributed by atoms with Gasteiger partial charge >= 0.3 is 6.03 Å². The number of rotatable bonds is 4. The number of carbonyl (C=O) groups is 2. The molecule has 0 radical (unpaired) electrons. The van der Waals surface area contributed by atoms with E-state index in [0.717, 1.165) is 65.4 Å². The zero-order valence-corrected chi connectivity index (χ0v) is 21.0. The first-order valence-corrected chi connectivity index (χ1v) is 12.8. The fraction of sp³-hybridized carbons (Fsp3) is 0.240. The number of amides is 3. The zero-order valence-electron chi connectivity index (χ0n) is 19.4. The van der Waals surface area contributed by atoms with Crippen LogP contribution >= 0.6 is 22.9 Å². The summed E-state index contributed by atoms with van der Waals surface area (Å²) in [5, 5.41) is 11.7. The van der Waals surface area contributed by atoms with E-state index in [9.17, 15) is 9.59 Å². The molecule has 4 heterocycles. The van der Waals surface area contributed by atoms with Gasteiger partial charge in [-0.2, -0.15) is 5.10 Å². The molecular formula is C25H22ClN7O2S. The molecule has 3 aromatic heterocycles. The summed E-state index contributed by atoms with van der Waals surface area (Å²) in [5.41, 5.74) is 5.97. The van der Waals surface area contributed by atoms with Crippen molar-refractivity contribution >= 4 is 45.7 Å². The molecule has 1 fully saturated rings. The molecule has 11 heteroatoms. The second-order valence-electron chi connectivity index (χ2n) is 8.74. The highest BCUT2D eigenvalue weighted by atomic mass is 35.5. The van der Waals surface area contributed by atoms with E-state index in [4.69, 9.17) is 16.7 Å². The SMILES string of the molecule is CC(=O)Nc1nc2c(s1)-c1c(c(-c3cccnc3)nn1-c1ccc(NC(=O)N3CCC3)cc1Cl)CC2. The summed E-state index contributed by atoms with van der Waals surface area (Å²) in [6, 6.07) is 9.18. The van der Waals surface area contributed by atoms with Gasteiger partial charge in [0.1, 0.15) is 0 Å². The van der Waals surface area contributed by atoms with Crippen molar-refractivity contribution < 1.29 is 9.59 Å². The largest absolute Gasteiger partial charge is 0.324 e. The van der Waals surface area contributed by atoms with Crippen LogP contribution in [0.25, 0.3) is 27.5 Å². The molecule has 4 aromatic rings. The Morgan fingerprint density at radius 1 is 1.14 bits per heavy atom. The highest BCUT2D eigenvalue weighted by Gasteiger charge is 2.30. The summed E-state index contributed by atoms with van der Waals surface area (Å²) in [6.07, 6.45) is 6.05. The van der Waals surface area contributed by atoms with E-state index < -0.39 is 0 Å². The monoisotopic (exact) mass is 519 g/mol. The smallest absolute Gasteiger partial charge is 0.321 e. The first-order valence-electron chi connectivity index (χ1n) is 11.6. The third kappa shape index (κ3) is 4.02. The molecule has 2 N–H and O–H groups in total. The van der Waals surface area contributed by atoms with E-state index in [-0.39, 0.29) is 11.9 Å². The third-order valence-corrected chi connectivity index (χ3v) is 7.62. The van der Waals surface area contributed by atoms with Crippen LogP contribution in [0.5, 0.6) is 0 Å². The van der Waals surface area contributed by atoms with Crippen molar-refractivity contribution in [3.63, 3.8) is 0 Å². The lowest BCUT2D eigenvalue weighted by atomic mass is 9.95. The van der Waals surface area contributed by atoms with Crippen LogP contribution in [0.15, 0.2) is 42.7 Å². The molecule has 9 nitrogen and oxygen atoms in total. The van der Waals surface area contributed by atoms with Crippen LogP contribution in [-0.2, 0) is 17.6 Å². The van der Waals surface area contributed by atoms with Gasteiger partial charge in [-0.25, -0.2) is 14.5 Å². The molecule has 1 aromatic carbocycles. The Bertz CT molecular complexity index is 1490. The van der Waals surface area contributed by atoms with E-state index in [1.807, 2.05) is 28.9 Å². The number of likely N-dealkylation sites (tertiary alicyclic amines) is 1. The number of hydrogen-bond acceptors (Lipinski definition) is 6. The Kier molecular flexibility index (Phi) is 5.69. The molecule has 182 valence electrons. The summed E-state index contributed by atoms with van der Waals surface area (Å²) >= 11 is 8.19. The molecule has 1 saturated heterocycles. The van der Waals surface area contributed by atoms with Gasteiger partial charge in [-0.15, -0.1) is 0 Å². The van der Waals surface area contributed by atoms with Gasteiger partial charge in [0.2, 0.25) is 5.91 Å². The van der Waals surface area contributed by atoms with Crippen molar-refractivity contribution in [2.24, 2.45) is 0 Å². The lowest BCUT2D eigenvalue weighted by Crippen LogP contribution is -2.44. The van der Waals surface area contributed by atoms with Gasteiger partial charge in [-0.05, 0) is 49.6 Å². The van der Waals surface area contributed by atoms with Gasteiger partial charge in [-0.3, -0.25) is 9.78 Å². The number of aryl methyl sites for hydroxylation is 1. The fourth-order valence-corrected chi connectivity index (χ4v) is 5.84. The summed E-state index contributed by atoms with van der Waals surface area (Å²) < 4.78 is 1.84. The van der Waals surface area contributed by atoms with Gasteiger partial charge in [0.05, 0.1) is 32.7 Å². The van der Waals surface area contributed by atoms with Crippen LogP contribution in [0.1, 0.15) is 24.6 Å². The first kappa shape index (κ1) is 22.7. The average Bonchev–Trinajstić information content (AvgIpc) is 3.39. The second kappa shape index (κ2) is 9.03. The Balaban J connectivity index is 1.45. The first-order chi connectivity index (χ1) is 17.5. The zero-order chi connectivity index (χ0) is 24.8. The van der Waals surface area contributed by atoms with Crippen molar-refractivity contribution in [2.45, 2.75) is 26.2 Å². The minimum atomic E-state index is -0.162. The summed E-state index contributed by atoms with van der Waals surface area (Å²) in [4.78, 5) is 35.6. The lowest BCUT2D eigenvalue weighted by molar-refractivity contribution is -0.114. The van der Waals surface area contributed by atoms with E-state index in [2.05, 4.69) is 20.6 Å². The van der Waals surface area contributed by atoms with Crippen LogP contribution in [0.2, 0.25) is 5.02 Å². The number of thiazole rings is 1. The fourth-order valence-electron chi connectivity index (χ4n) is 4.46. The number of fused-ring (bicyclic) bond motifs is 3. The summed E-state index contributed by atoms with van der Waals surface area (Å²) in [5.74, 6) is -0.162. The molecule has 6 rings (SSSR count). The number of aromatic nitrogens is 4. The molecule has 3 amide bonds. The second-order valence-corrected chi connectivity index (χ2v) is 10.1. The van der Waals surface area contributed by atoms with Crippen molar-refractivity contribution in [1.82, 2.24) is 24.6 Å². The molecule has 2 aliphatic rings. The molecule has 1 aliphatic heterocycles. The van der Waals surface area contributed by atoms with Gasteiger partial charge in [0.15, 0.2) is 5.13 Å². The van der Waals surface area contributed by atoms with E-state index in [1.165, 1.54) is 18.3 Å². The molecule has 0 atom stereocenters. The molecule has 1 aliphatic carbocycles. The third-order valence-electron chi connectivity index (χ3n) is 6.30. The topological polar surface area (TPSA) is 105 Å². The van der Waals surface area contributed by atoms with Crippen molar-refractivity contribution in [3.05, 3.63) is 59.0 Å². The van der Waals surface area contributed by atoms with Crippen molar-refractivity contribution in [1.29, 1.82) is 0 Å². The Hall–Kier alpha value is -3.76. The molecular weight excluding hydrogens is 498 g/mol. The number of pyridine rings is 1. The number of carbonyl (C=O) groups excluding carboxylic acids is 2. The number of benzene rings is 1. The molecule has 0 saturated carbocycles. The Morgan fingerprint density at radius 3 is 2.69 bits per heavy atom. The quantitative estimate of drug-likeness (QED) is 0.394. The van der Waals surface area contributed by atoms with E-state index in [1.54, 1.807) is 23.4 Å². The number of urea groups is 1. The number of nitrogens with zero attached hydrogens (tertiary/aromatic N) is 5. The number of nitrogens with one attached hydrogen (secondary N) is 2. The maximum atomic E-state index is 12.3. The van der Waals surface area contributed by atoms with E-state index in [0.29, 0.717) is 21.5 Å². The maximum absolute atomic E-state index is 12.3. The predicted octanol–water partition coefficient (Wildman–Crippen LogP) is 5.01. The Labute approximate surface area is 216 Å². The van der Waals surface area contributed by atoms with Crippen LogP contribution in [0.4, 0.5) is 15.6 Å². The number of hydrogen-bond donors (Lipinski definition) is 2. The molecule has 0 bridgehead atoms. The van der Waals surface area contributed by atoms with Crippen LogP contribution < -0.4 is 10.6 Å². The minimum absolute atomic E-state index is 0.125. The predicted molar refractivity (Wildman–Crippen MR) is 140 cm³/mol. The van der Waals surface area contributed by atoms with E-state index >= 15 is 0 Å². The Morgan fingerprint density at radius 2 is 2.00 bits per heavy atom. The highest BCUT2D eigenvalue weighted by Crippen LogP contribution is 2.44. The van der Waals surface area contributed by atoms with Gasteiger partial charge in [0, 0.05) is 49.2 Å². The van der Waals surface area contributed by atoms with Crippen LogP contribution in [-0.4, -0.2) is 49.7 Å².